The summed E-state index contributed by atoms with van der Waals surface area (Å²) in [7, 11) is 0. The van der Waals surface area contributed by atoms with Crippen LogP contribution < -0.4 is 21.9 Å². The first-order valence-corrected chi connectivity index (χ1v) is 12.3. The number of ketones is 1. The molecule has 0 bridgehead atoms. The summed E-state index contributed by atoms with van der Waals surface area (Å²) >= 11 is 1.29. The summed E-state index contributed by atoms with van der Waals surface area (Å²) in [4.78, 5) is 65.9. The first kappa shape index (κ1) is 27.0. The Morgan fingerprint density at radius 1 is 1.12 bits per heavy atom. The van der Waals surface area contributed by atoms with Gasteiger partial charge in [-0.15, -0.1) is 11.3 Å². The number of aromatic amines is 1. The van der Waals surface area contributed by atoms with Crippen LogP contribution in [-0.2, 0) is 20.9 Å². The van der Waals surface area contributed by atoms with Crippen LogP contribution >= 0.6 is 11.3 Å². The second-order valence-electron chi connectivity index (χ2n) is 7.81. The fourth-order valence-electron chi connectivity index (χ4n) is 3.33. The molecule has 0 saturated heterocycles. The van der Waals surface area contributed by atoms with E-state index >= 15 is 0 Å². The number of nitrogens with zero attached hydrogens (tertiary/aromatic N) is 2. The molecule has 0 atom stereocenters. The molecule has 186 valence electrons. The molecular formula is C23H32N4O6S. The van der Waals surface area contributed by atoms with Crippen LogP contribution in [0.25, 0.3) is 0 Å². The van der Waals surface area contributed by atoms with Gasteiger partial charge in [-0.25, -0.2) is 4.79 Å². The van der Waals surface area contributed by atoms with Crippen molar-refractivity contribution >= 4 is 40.5 Å². The number of amides is 1. The van der Waals surface area contributed by atoms with Crippen LogP contribution in [0, 0.1) is 0 Å². The highest BCUT2D eigenvalue weighted by Gasteiger charge is 2.25. The van der Waals surface area contributed by atoms with E-state index in [1.807, 2.05) is 13.8 Å². The summed E-state index contributed by atoms with van der Waals surface area (Å²) in [6, 6.07) is 3.43. The largest absolute Gasteiger partial charge is 0.456 e. The number of carbonyl (C=O) groups excluding carboxylic acids is 3. The molecule has 10 nitrogen and oxygen atoms in total. The molecule has 2 aromatic heterocycles. The Morgan fingerprint density at radius 2 is 1.85 bits per heavy atom. The Labute approximate surface area is 201 Å². The number of aromatic nitrogens is 2. The van der Waals surface area contributed by atoms with E-state index in [1.165, 1.54) is 20.8 Å². The van der Waals surface area contributed by atoms with Crippen molar-refractivity contribution < 1.29 is 19.1 Å². The zero-order valence-electron chi connectivity index (χ0n) is 19.6. The topological polar surface area (TPSA) is 145 Å². The number of carbonyl (C=O) groups is 3. The fraction of sp³-hybridized carbons (Fsp3) is 0.522. The number of anilines is 2. The lowest BCUT2D eigenvalue weighted by molar-refractivity contribution is -0.147. The smallest absolute Gasteiger partial charge is 0.330 e. The van der Waals surface area contributed by atoms with Gasteiger partial charge in [0.1, 0.15) is 5.82 Å². The van der Waals surface area contributed by atoms with E-state index < -0.39 is 29.7 Å². The van der Waals surface area contributed by atoms with Gasteiger partial charge in [0, 0.05) is 19.5 Å². The van der Waals surface area contributed by atoms with Crippen LogP contribution in [0.1, 0.15) is 68.5 Å². The average Bonchev–Trinajstić information content (AvgIpc) is 3.35. The first-order chi connectivity index (χ1) is 16.3. The molecule has 0 aliphatic rings. The number of H-pyrrole nitrogens is 1. The number of esters is 1. The van der Waals surface area contributed by atoms with Crippen LogP contribution in [0.5, 0.6) is 0 Å². The Bertz CT molecular complexity index is 1090. The van der Waals surface area contributed by atoms with Crippen LogP contribution in [0.4, 0.5) is 11.5 Å². The minimum absolute atomic E-state index is 0.0250. The summed E-state index contributed by atoms with van der Waals surface area (Å²) in [5.41, 5.74) is 4.63. The number of nitrogen functional groups attached to an aromatic ring is 1. The molecule has 0 aliphatic heterocycles. The predicted octanol–water partition coefficient (Wildman–Crippen LogP) is 2.71. The third kappa shape index (κ3) is 7.41. The predicted molar refractivity (Wildman–Crippen MR) is 131 cm³/mol. The molecular weight excluding hydrogens is 460 g/mol. The van der Waals surface area contributed by atoms with Crippen molar-refractivity contribution in [3.05, 3.63) is 43.2 Å². The van der Waals surface area contributed by atoms with Crippen molar-refractivity contribution in [2.75, 3.05) is 23.8 Å². The molecule has 0 fully saturated rings. The maximum atomic E-state index is 13.0. The third-order valence-corrected chi connectivity index (χ3v) is 6.13. The van der Waals surface area contributed by atoms with Gasteiger partial charge in [0.2, 0.25) is 0 Å². The minimum atomic E-state index is -0.770. The number of rotatable bonds is 14. The van der Waals surface area contributed by atoms with Gasteiger partial charge in [-0.05, 0) is 24.3 Å². The van der Waals surface area contributed by atoms with Gasteiger partial charge < -0.3 is 15.4 Å². The number of Topliss-reactive ketones (excluding diaryl/α,β-unsaturated/α-hetero) is 1. The number of hydrogen-bond donors (Lipinski definition) is 2. The van der Waals surface area contributed by atoms with Crippen molar-refractivity contribution in [1.29, 1.82) is 0 Å². The van der Waals surface area contributed by atoms with E-state index in [1.54, 1.807) is 17.5 Å². The van der Waals surface area contributed by atoms with Gasteiger partial charge in [0.15, 0.2) is 18.1 Å². The lowest BCUT2D eigenvalue weighted by Gasteiger charge is -2.24. The molecule has 0 unspecified atom stereocenters. The molecule has 0 radical (unpaired) electrons. The minimum Gasteiger partial charge on any atom is -0.456 e. The van der Waals surface area contributed by atoms with Crippen molar-refractivity contribution in [3.63, 3.8) is 0 Å². The maximum Gasteiger partial charge on any atom is 0.330 e. The molecule has 0 aromatic carbocycles. The highest BCUT2D eigenvalue weighted by Crippen LogP contribution is 2.19. The molecule has 1 amide bonds. The number of thiophene rings is 1. The molecule has 11 heteroatoms. The van der Waals surface area contributed by atoms with E-state index in [2.05, 4.69) is 4.98 Å². The number of nitrogens with one attached hydrogen (secondary N) is 1. The van der Waals surface area contributed by atoms with Gasteiger partial charge in [-0.2, -0.15) is 0 Å². The second kappa shape index (κ2) is 13.5. The van der Waals surface area contributed by atoms with Crippen molar-refractivity contribution in [2.45, 2.75) is 65.3 Å². The van der Waals surface area contributed by atoms with E-state index in [0.29, 0.717) is 24.3 Å². The van der Waals surface area contributed by atoms with Crippen LogP contribution in [0.2, 0.25) is 0 Å². The summed E-state index contributed by atoms with van der Waals surface area (Å²) < 4.78 is 6.32. The lowest BCUT2D eigenvalue weighted by atomic mass is 10.2. The van der Waals surface area contributed by atoms with Crippen molar-refractivity contribution in [3.8, 4) is 0 Å². The van der Waals surface area contributed by atoms with Crippen LogP contribution in [-0.4, -0.2) is 40.4 Å². The molecule has 0 saturated carbocycles. The normalized spacial score (nSPS) is 10.8. The first-order valence-electron chi connectivity index (χ1n) is 11.4. The van der Waals surface area contributed by atoms with E-state index in [4.69, 9.17) is 10.5 Å². The molecule has 2 heterocycles. The monoisotopic (exact) mass is 492 g/mol. The summed E-state index contributed by atoms with van der Waals surface area (Å²) in [5.74, 6) is -1.60. The highest BCUT2D eigenvalue weighted by atomic mass is 32.1. The van der Waals surface area contributed by atoms with Crippen molar-refractivity contribution in [1.82, 2.24) is 9.55 Å². The Balaban J connectivity index is 2.13. The van der Waals surface area contributed by atoms with E-state index in [0.717, 1.165) is 19.3 Å². The molecule has 34 heavy (non-hydrogen) atoms. The van der Waals surface area contributed by atoms with E-state index in [9.17, 15) is 24.0 Å². The highest BCUT2D eigenvalue weighted by molar-refractivity contribution is 7.12. The SMILES string of the molecule is CCCCCN(C(=O)COC(=O)CCC(=O)c1cccs1)c1c(N)n(CCCC)c(=O)[nH]c1=O. The van der Waals surface area contributed by atoms with Crippen LogP contribution in [0.3, 0.4) is 0 Å². The number of nitrogens with two attached hydrogens (primary N) is 1. The zero-order valence-corrected chi connectivity index (χ0v) is 20.4. The van der Waals surface area contributed by atoms with Gasteiger partial charge in [0.25, 0.3) is 11.5 Å². The second-order valence-corrected chi connectivity index (χ2v) is 8.76. The summed E-state index contributed by atoms with van der Waals surface area (Å²) in [6.45, 7) is 3.83. The Kier molecular flexibility index (Phi) is 10.7. The fourth-order valence-corrected chi connectivity index (χ4v) is 4.02. The molecule has 2 rings (SSSR count). The summed E-state index contributed by atoms with van der Waals surface area (Å²) in [5, 5.41) is 1.77. The number of hydrogen-bond acceptors (Lipinski definition) is 8. The summed E-state index contributed by atoms with van der Waals surface area (Å²) in [6.07, 6.45) is 3.58. The van der Waals surface area contributed by atoms with Gasteiger partial charge in [-0.1, -0.05) is 39.2 Å². The third-order valence-electron chi connectivity index (χ3n) is 5.21. The quantitative estimate of drug-likeness (QED) is 0.234. The lowest BCUT2D eigenvalue weighted by Crippen LogP contribution is -2.43. The van der Waals surface area contributed by atoms with Gasteiger partial charge >= 0.3 is 11.7 Å². The molecule has 3 N–H and O–H groups in total. The van der Waals surface area contributed by atoms with Gasteiger partial charge in [0.05, 0.1) is 11.3 Å². The van der Waals surface area contributed by atoms with Gasteiger partial charge in [-0.3, -0.25) is 28.7 Å². The number of ether oxygens (including phenoxy) is 1. The molecule has 0 spiro atoms. The van der Waals surface area contributed by atoms with E-state index in [-0.39, 0.29) is 36.7 Å². The standard InChI is InChI=1S/C23H32N4O6S/c1-3-5-7-13-26(20-21(24)27(12-6-4-2)23(32)25-22(20)31)18(29)15-33-19(30)11-10-16(28)17-9-8-14-34-17/h8-9,14H,3-7,10-13,15,24H2,1-2H3,(H,25,31,32). The average molecular weight is 493 g/mol. The van der Waals surface area contributed by atoms with Crippen LogP contribution in [0.15, 0.2) is 27.1 Å². The molecule has 0 aliphatic carbocycles. The molecule has 2 aromatic rings. The van der Waals surface area contributed by atoms with Crippen molar-refractivity contribution in [2.24, 2.45) is 0 Å². The zero-order chi connectivity index (χ0) is 25.1. The Hall–Kier alpha value is -3.21. The Morgan fingerprint density at radius 3 is 2.50 bits per heavy atom. The number of unbranched alkanes of at least 4 members (excludes halogenated alkanes) is 3. The maximum absolute atomic E-state index is 13.0.